The van der Waals surface area contributed by atoms with Crippen molar-refractivity contribution in [2.24, 2.45) is 0 Å². The van der Waals surface area contributed by atoms with E-state index in [-0.39, 0.29) is 5.91 Å². The Bertz CT molecular complexity index is 1070. The Kier molecular flexibility index (Phi) is 4.64. The van der Waals surface area contributed by atoms with Gasteiger partial charge in [0.2, 0.25) is 0 Å². The molecule has 0 aliphatic rings. The van der Waals surface area contributed by atoms with Crippen LogP contribution in [0.4, 0.5) is 5.69 Å². The van der Waals surface area contributed by atoms with E-state index in [2.05, 4.69) is 10.3 Å². The molecule has 3 nitrogen and oxygen atoms in total. The normalized spacial score (nSPS) is 10.8. The summed E-state index contributed by atoms with van der Waals surface area (Å²) in [5, 5.41) is 4.78. The molecule has 1 aromatic heterocycles. The van der Waals surface area contributed by atoms with Crippen molar-refractivity contribution in [3.05, 3.63) is 82.3 Å². The zero-order valence-electron chi connectivity index (χ0n) is 13.4. The first-order chi connectivity index (χ1) is 12.6. The number of carbonyl (C=O) groups is 1. The van der Waals surface area contributed by atoms with Gasteiger partial charge in [-0.25, -0.2) is 4.98 Å². The van der Waals surface area contributed by atoms with Gasteiger partial charge in [-0.05, 0) is 48.5 Å². The molecule has 0 aliphatic heterocycles. The number of thiazole rings is 1. The molecule has 4 aromatic rings. The number of anilines is 1. The van der Waals surface area contributed by atoms with Crippen LogP contribution >= 0.6 is 34.5 Å². The fourth-order valence-electron chi connectivity index (χ4n) is 2.55. The van der Waals surface area contributed by atoms with E-state index >= 15 is 0 Å². The van der Waals surface area contributed by atoms with Crippen LogP contribution in [0.3, 0.4) is 0 Å². The van der Waals surface area contributed by atoms with Crippen molar-refractivity contribution >= 4 is 56.3 Å². The van der Waals surface area contributed by atoms with Gasteiger partial charge in [-0.15, -0.1) is 11.3 Å². The summed E-state index contributed by atoms with van der Waals surface area (Å²) in [6.45, 7) is 0. The molecule has 0 unspecified atom stereocenters. The summed E-state index contributed by atoms with van der Waals surface area (Å²) in [6, 6.07) is 20.2. The van der Waals surface area contributed by atoms with Gasteiger partial charge < -0.3 is 5.32 Å². The third-order valence-corrected chi connectivity index (χ3v) is 5.53. The van der Waals surface area contributed by atoms with Crippen LogP contribution in [0.2, 0.25) is 10.0 Å². The molecular weight excluding hydrogens is 387 g/mol. The minimum Gasteiger partial charge on any atom is -0.321 e. The Morgan fingerprint density at radius 3 is 2.50 bits per heavy atom. The van der Waals surface area contributed by atoms with Crippen LogP contribution in [0.15, 0.2) is 66.7 Å². The molecule has 0 atom stereocenters. The van der Waals surface area contributed by atoms with E-state index < -0.39 is 0 Å². The lowest BCUT2D eigenvalue weighted by Crippen LogP contribution is -2.12. The molecular formula is C20H12Cl2N2OS. The zero-order chi connectivity index (χ0) is 18.1. The number of hydrogen-bond acceptors (Lipinski definition) is 3. The maximum absolute atomic E-state index is 12.4. The highest BCUT2D eigenvalue weighted by molar-refractivity contribution is 7.21. The monoisotopic (exact) mass is 398 g/mol. The number of hydrogen-bond donors (Lipinski definition) is 1. The molecule has 0 saturated carbocycles. The van der Waals surface area contributed by atoms with E-state index in [0.29, 0.717) is 21.3 Å². The minimum absolute atomic E-state index is 0.245. The predicted octanol–water partition coefficient (Wildman–Crippen LogP) is 6.52. The second kappa shape index (κ2) is 7.08. The first-order valence-electron chi connectivity index (χ1n) is 7.82. The molecule has 0 aliphatic carbocycles. The number of fused-ring (bicyclic) bond motifs is 1. The molecule has 6 heteroatoms. The lowest BCUT2D eigenvalue weighted by Gasteiger charge is -2.09. The Labute approximate surface area is 164 Å². The second-order valence-corrected chi connectivity index (χ2v) is 7.52. The summed E-state index contributed by atoms with van der Waals surface area (Å²) in [4.78, 5) is 17.1. The number of nitrogens with one attached hydrogen (secondary N) is 1. The molecule has 3 aromatic carbocycles. The van der Waals surface area contributed by atoms with Gasteiger partial charge in [0.15, 0.2) is 0 Å². The molecule has 1 amide bonds. The van der Waals surface area contributed by atoms with Crippen molar-refractivity contribution in [3.63, 3.8) is 0 Å². The van der Waals surface area contributed by atoms with Gasteiger partial charge in [0.1, 0.15) is 5.01 Å². The van der Waals surface area contributed by atoms with Crippen LogP contribution in [0, 0.1) is 0 Å². The fraction of sp³-hybridized carbons (Fsp3) is 0. The van der Waals surface area contributed by atoms with Gasteiger partial charge in [0, 0.05) is 16.1 Å². The average Bonchev–Trinajstić information content (AvgIpc) is 3.08. The minimum atomic E-state index is -0.245. The highest BCUT2D eigenvalue weighted by Crippen LogP contribution is 2.34. The van der Waals surface area contributed by atoms with Crippen LogP contribution in [0.1, 0.15) is 10.4 Å². The van der Waals surface area contributed by atoms with Crippen molar-refractivity contribution < 1.29 is 4.79 Å². The lowest BCUT2D eigenvalue weighted by molar-refractivity contribution is 0.102. The van der Waals surface area contributed by atoms with E-state index in [1.54, 1.807) is 41.7 Å². The molecule has 128 valence electrons. The van der Waals surface area contributed by atoms with Crippen molar-refractivity contribution in [2.45, 2.75) is 0 Å². The van der Waals surface area contributed by atoms with Gasteiger partial charge in [-0.2, -0.15) is 0 Å². The fourth-order valence-corrected chi connectivity index (χ4v) is 3.80. The van der Waals surface area contributed by atoms with Gasteiger partial charge in [0.05, 0.1) is 20.9 Å². The standard InChI is InChI=1S/C20H12Cl2N2OS/c21-14-8-5-12(6-9-14)19(25)23-17-11-13(7-10-15(17)22)20-24-16-3-1-2-4-18(16)26-20/h1-11H,(H,23,25). The molecule has 0 radical (unpaired) electrons. The smallest absolute Gasteiger partial charge is 0.255 e. The summed E-state index contributed by atoms with van der Waals surface area (Å²) >= 11 is 13.7. The topological polar surface area (TPSA) is 42.0 Å². The molecule has 0 bridgehead atoms. The van der Waals surface area contributed by atoms with Crippen LogP contribution < -0.4 is 5.32 Å². The molecule has 1 N–H and O–H groups in total. The first-order valence-corrected chi connectivity index (χ1v) is 9.40. The molecule has 0 fully saturated rings. The van der Waals surface area contributed by atoms with Crippen LogP contribution in [-0.4, -0.2) is 10.9 Å². The molecule has 1 heterocycles. The number of halogens is 2. The van der Waals surface area contributed by atoms with Crippen LogP contribution in [-0.2, 0) is 0 Å². The molecule has 26 heavy (non-hydrogen) atoms. The lowest BCUT2D eigenvalue weighted by atomic mass is 10.1. The number of benzene rings is 3. The average molecular weight is 399 g/mol. The third-order valence-electron chi connectivity index (χ3n) is 3.86. The Morgan fingerprint density at radius 1 is 0.962 bits per heavy atom. The van der Waals surface area contributed by atoms with Crippen molar-refractivity contribution in [1.29, 1.82) is 0 Å². The summed E-state index contributed by atoms with van der Waals surface area (Å²) in [5.41, 5.74) is 2.91. The number of carbonyl (C=O) groups excluding carboxylic acids is 1. The van der Waals surface area contributed by atoms with Crippen molar-refractivity contribution in [1.82, 2.24) is 4.98 Å². The quantitative estimate of drug-likeness (QED) is 0.426. The Morgan fingerprint density at radius 2 is 1.73 bits per heavy atom. The number of para-hydroxylation sites is 1. The van der Waals surface area contributed by atoms with E-state index in [9.17, 15) is 4.79 Å². The zero-order valence-corrected chi connectivity index (χ0v) is 15.7. The maximum atomic E-state index is 12.4. The number of amides is 1. The van der Waals surface area contributed by atoms with E-state index in [4.69, 9.17) is 23.2 Å². The summed E-state index contributed by atoms with van der Waals surface area (Å²) in [6.07, 6.45) is 0. The maximum Gasteiger partial charge on any atom is 0.255 e. The van der Waals surface area contributed by atoms with Crippen molar-refractivity contribution in [2.75, 3.05) is 5.32 Å². The number of rotatable bonds is 3. The Hall–Kier alpha value is -2.40. The SMILES string of the molecule is O=C(Nc1cc(-c2nc3ccccc3s2)ccc1Cl)c1ccc(Cl)cc1. The largest absolute Gasteiger partial charge is 0.321 e. The Balaban J connectivity index is 1.65. The van der Waals surface area contributed by atoms with Crippen molar-refractivity contribution in [3.8, 4) is 10.6 Å². The molecule has 4 rings (SSSR count). The predicted molar refractivity (Wildman–Crippen MR) is 109 cm³/mol. The van der Waals surface area contributed by atoms with E-state index in [1.165, 1.54) is 0 Å². The summed E-state index contributed by atoms with van der Waals surface area (Å²) in [7, 11) is 0. The first kappa shape index (κ1) is 17.0. The van der Waals surface area contributed by atoms with Gasteiger partial charge in [-0.1, -0.05) is 41.4 Å². The third kappa shape index (κ3) is 3.44. The highest BCUT2D eigenvalue weighted by atomic mass is 35.5. The van der Waals surface area contributed by atoms with E-state index in [1.807, 2.05) is 36.4 Å². The van der Waals surface area contributed by atoms with Gasteiger partial charge >= 0.3 is 0 Å². The van der Waals surface area contributed by atoms with Crippen LogP contribution in [0.25, 0.3) is 20.8 Å². The van der Waals surface area contributed by atoms with E-state index in [0.717, 1.165) is 20.8 Å². The molecule has 0 spiro atoms. The summed E-state index contributed by atoms with van der Waals surface area (Å²) in [5.74, 6) is -0.245. The highest BCUT2D eigenvalue weighted by Gasteiger charge is 2.12. The summed E-state index contributed by atoms with van der Waals surface area (Å²) < 4.78 is 1.11. The van der Waals surface area contributed by atoms with Crippen LogP contribution in [0.5, 0.6) is 0 Å². The molecule has 0 saturated heterocycles. The van der Waals surface area contributed by atoms with Gasteiger partial charge in [-0.3, -0.25) is 4.79 Å². The number of aromatic nitrogens is 1. The van der Waals surface area contributed by atoms with Gasteiger partial charge in [0.25, 0.3) is 5.91 Å². The second-order valence-electron chi connectivity index (χ2n) is 5.64. The number of nitrogens with zero attached hydrogens (tertiary/aromatic N) is 1.